The summed E-state index contributed by atoms with van der Waals surface area (Å²) in [5.41, 5.74) is 5.64. The van der Waals surface area contributed by atoms with Crippen molar-refractivity contribution in [3.63, 3.8) is 0 Å². The largest absolute Gasteiger partial charge is 0.478 e. The number of carbonyl (C=O) groups is 2. The average Bonchev–Trinajstić information content (AvgIpc) is 3.30. The average molecular weight is 463 g/mol. The quantitative estimate of drug-likeness (QED) is 0.375. The van der Waals surface area contributed by atoms with E-state index in [0.717, 1.165) is 22.2 Å². The lowest BCUT2D eigenvalue weighted by atomic mass is 9.99. The predicted octanol–water partition coefficient (Wildman–Crippen LogP) is 4.17. The van der Waals surface area contributed by atoms with Gasteiger partial charge in [-0.1, -0.05) is 53.7 Å². The summed E-state index contributed by atoms with van der Waals surface area (Å²) in [5.74, 6) is -1.15. The third kappa shape index (κ3) is 4.77. The molecule has 1 amide bonds. The number of carbonyl (C=O) groups excluding carboxylic acids is 1. The molecule has 0 spiro atoms. The summed E-state index contributed by atoms with van der Waals surface area (Å²) in [5, 5.41) is 20.8. The highest BCUT2D eigenvalue weighted by Crippen LogP contribution is 2.24. The maximum absolute atomic E-state index is 12.6. The van der Waals surface area contributed by atoms with E-state index in [1.54, 1.807) is 47.4 Å². The Morgan fingerprint density at radius 1 is 0.914 bits per heavy atom. The summed E-state index contributed by atoms with van der Waals surface area (Å²) in [6.45, 7) is 0.883. The van der Waals surface area contributed by atoms with E-state index in [9.17, 15) is 14.7 Å². The fourth-order valence-electron chi connectivity index (χ4n) is 3.90. The van der Waals surface area contributed by atoms with Gasteiger partial charge in [-0.15, -0.1) is 5.10 Å². The molecule has 2 N–H and O–H groups in total. The zero-order valence-corrected chi connectivity index (χ0v) is 18.6. The van der Waals surface area contributed by atoms with Gasteiger partial charge in [-0.05, 0) is 52.6 Å². The van der Waals surface area contributed by atoms with Crippen LogP contribution in [0.25, 0.3) is 22.2 Å². The minimum Gasteiger partial charge on any atom is -0.478 e. The van der Waals surface area contributed by atoms with E-state index >= 15 is 0 Å². The highest BCUT2D eigenvalue weighted by Gasteiger charge is 2.13. The number of fused-ring (bicyclic) bond motifs is 1. The molecule has 8 heteroatoms. The lowest BCUT2D eigenvalue weighted by Gasteiger charge is -2.08. The van der Waals surface area contributed by atoms with Gasteiger partial charge in [0.2, 0.25) is 0 Å². The summed E-state index contributed by atoms with van der Waals surface area (Å²) < 4.78 is 1.77. The molecule has 0 atom stereocenters. The summed E-state index contributed by atoms with van der Waals surface area (Å²) in [6, 6.07) is 23.7. The molecule has 2 heterocycles. The Hall–Kier alpha value is -4.85. The van der Waals surface area contributed by atoms with E-state index in [1.807, 2.05) is 48.5 Å². The molecule has 0 aliphatic carbocycles. The second kappa shape index (κ2) is 9.56. The van der Waals surface area contributed by atoms with E-state index in [2.05, 4.69) is 20.6 Å². The predicted molar refractivity (Wildman–Crippen MR) is 131 cm³/mol. The summed E-state index contributed by atoms with van der Waals surface area (Å²) in [7, 11) is 0. The topological polar surface area (TPSA) is 110 Å². The van der Waals surface area contributed by atoms with Gasteiger partial charge in [0.1, 0.15) is 5.52 Å². The fraction of sp³-hybridized carbons (Fsp3) is 0.0741. The van der Waals surface area contributed by atoms with Crippen molar-refractivity contribution >= 4 is 22.9 Å². The van der Waals surface area contributed by atoms with Gasteiger partial charge < -0.3 is 10.4 Å². The van der Waals surface area contributed by atoms with Gasteiger partial charge in [-0.25, -0.2) is 9.48 Å². The van der Waals surface area contributed by atoms with Crippen molar-refractivity contribution < 1.29 is 14.7 Å². The zero-order chi connectivity index (χ0) is 24.2. The Labute approximate surface area is 200 Å². The van der Waals surface area contributed by atoms with Gasteiger partial charge in [-0.2, -0.15) is 0 Å². The molecule has 0 saturated heterocycles. The van der Waals surface area contributed by atoms with E-state index in [0.29, 0.717) is 29.7 Å². The molecule has 3 aromatic carbocycles. The smallest absolute Gasteiger partial charge is 0.336 e. The third-order valence-electron chi connectivity index (χ3n) is 5.71. The van der Waals surface area contributed by atoms with Crippen LogP contribution in [0.15, 0.2) is 91.3 Å². The molecule has 172 valence electrons. The normalized spacial score (nSPS) is 10.9. The highest BCUT2D eigenvalue weighted by atomic mass is 16.4. The second-order valence-electron chi connectivity index (χ2n) is 8.04. The Morgan fingerprint density at radius 2 is 1.74 bits per heavy atom. The van der Waals surface area contributed by atoms with Crippen molar-refractivity contribution in [1.29, 1.82) is 0 Å². The van der Waals surface area contributed by atoms with Crippen LogP contribution in [0.2, 0.25) is 0 Å². The van der Waals surface area contributed by atoms with E-state index in [1.165, 1.54) is 0 Å². The van der Waals surface area contributed by atoms with Crippen molar-refractivity contribution in [2.75, 3.05) is 0 Å². The molecule has 0 aliphatic rings. The molecule has 35 heavy (non-hydrogen) atoms. The van der Waals surface area contributed by atoms with Crippen molar-refractivity contribution in [2.45, 2.75) is 13.1 Å². The number of carboxylic acid groups (broad SMARTS) is 1. The molecule has 5 rings (SSSR count). The van der Waals surface area contributed by atoms with Crippen LogP contribution < -0.4 is 5.32 Å². The van der Waals surface area contributed by atoms with E-state index < -0.39 is 5.97 Å². The maximum atomic E-state index is 12.6. The van der Waals surface area contributed by atoms with Crippen LogP contribution in [0, 0.1) is 0 Å². The van der Waals surface area contributed by atoms with Gasteiger partial charge in [0.25, 0.3) is 5.91 Å². The lowest BCUT2D eigenvalue weighted by molar-refractivity contribution is 0.0697. The first kappa shape index (κ1) is 22.0. The number of pyridine rings is 1. The molecule has 0 radical (unpaired) electrons. The number of aromatic carboxylic acids is 1. The van der Waals surface area contributed by atoms with Crippen molar-refractivity contribution in [3.05, 3.63) is 114 Å². The SMILES string of the molecule is O=C(NCc1cccnc1)c1ccc2c(c1)nnn2Cc1ccc(-c2ccccc2C(=O)O)cc1. The van der Waals surface area contributed by atoms with Gasteiger partial charge in [0.15, 0.2) is 0 Å². The summed E-state index contributed by atoms with van der Waals surface area (Å²) in [6.07, 6.45) is 3.40. The molecular formula is C27H21N5O3. The lowest BCUT2D eigenvalue weighted by Crippen LogP contribution is -2.22. The Balaban J connectivity index is 1.30. The van der Waals surface area contributed by atoms with Crippen molar-refractivity contribution in [2.24, 2.45) is 0 Å². The first-order valence-corrected chi connectivity index (χ1v) is 11.0. The van der Waals surface area contributed by atoms with Crippen molar-refractivity contribution in [3.8, 4) is 11.1 Å². The Bertz CT molecular complexity index is 1510. The number of rotatable bonds is 7. The molecule has 0 unspecified atom stereocenters. The zero-order valence-electron chi connectivity index (χ0n) is 18.6. The number of benzene rings is 3. The molecule has 0 fully saturated rings. The molecule has 8 nitrogen and oxygen atoms in total. The van der Waals surface area contributed by atoms with E-state index in [-0.39, 0.29) is 11.5 Å². The number of hydrogen-bond donors (Lipinski definition) is 2. The monoisotopic (exact) mass is 463 g/mol. The van der Waals surface area contributed by atoms with Gasteiger partial charge in [0.05, 0.1) is 17.6 Å². The van der Waals surface area contributed by atoms with Crippen molar-refractivity contribution in [1.82, 2.24) is 25.3 Å². The molecule has 0 bridgehead atoms. The van der Waals surface area contributed by atoms with E-state index in [4.69, 9.17) is 0 Å². The standard InChI is InChI=1S/C27H21N5O3/c33-26(29-16-19-4-3-13-28-15-19)21-11-12-25-24(14-21)30-31-32(25)17-18-7-9-20(10-8-18)22-5-1-2-6-23(22)27(34)35/h1-15H,16-17H2,(H,29,33)(H,34,35). The molecule has 0 saturated carbocycles. The first-order chi connectivity index (χ1) is 17.1. The van der Waals surface area contributed by atoms with Crippen LogP contribution in [0.1, 0.15) is 31.8 Å². The number of aromatic nitrogens is 4. The number of carboxylic acids is 1. The number of amides is 1. The minimum atomic E-state index is -0.955. The fourth-order valence-corrected chi connectivity index (χ4v) is 3.90. The minimum absolute atomic E-state index is 0.192. The Kier molecular flexibility index (Phi) is 6.00. The van der Waals surface area contributed by atoms with Crippen LogP contribution >= 0.6 is 0 Å². The molecule has 5 aromatic rings. The first-order valence-electron chi connectivity index (χ1n) is 11.0. The number of nitrogens with zero attached hydrogens (tertiary/aromatic N) is 4. The van der Waals surface area contributed by atoms with Gasteiger partial charge in [-0.3, -0.25) is 9.78 Å². The van der Waals surface area contributed by atoms with Crippen LogP contribution in [0.5, 0.6) is 0 Å². The van der Waals surface area contributed by atoms with Crippen LogP contribution in [-0.4, -0.2) is 37.0 Å². The maximum Gasteiger partial charge on any atom is 0.336 e. The molecule has 0 aliphatic heterocycles. The third-order valence-corrected chi connectivity index (χ3v) is 5.71. The van der Waals surface area contributed by atoms with Crippen LogP contribution in [0.4, 0.5) is 0 Å². The summed E-state index contributed by atoms with van der Waals surface area (Å²) in [4.78, 5) is 28.1. The summed E-state index contributed by atoms with van der Waals surface area (Å²) >= 11 is 0. The van der Waals surface area contributed by atoms with Gasteiger partial charge >= 0.3 is 5.97 Å². The molecular weight excluding hydrogens is 442 g/mol. The molecule has 2 aromatic heterocycles. The van der Waals surface area contributed by atoms with Crippen LogP contribution in [0.3, 0.4) is 0 Å². The number of nitrogens with one attached hydrogen (secondary N) is 1. The van der Waals surface area contributed by atoms with Gasteiger partial charge in [0, 0.05) is 24.5 Å². The second-order valence-corrected chi connectivity index (χ2v) is 8.04. The Morgan fingerprint density at radius 3 is 2.51 bits per heavy atom. The highest BCUT2D eigenvalue weighted by molar-refractivity contribution is 5.97. The number of hydrogen-bond acceptors (Lipinski definition) is 5. The van der Waals surface area contributed by atoms with Crippen LogP contribution in [-0.2, 0) is 13.1 Å².